The number of nitrogens with zero attached hydrogens (tertiary/aromatic N) is 1. The lowest BCUT2D eigenvalue weighted by molar-refractivity contribution is -0.384. The van der Waals surface area contributed by atoms with E-state index in [1.807, 2.05) is 30.3 Å². The molecule has 0 heterocycles. The van der Waals surface area contributed by atoms with Gasteiger partial charge in [0.1, 0.15) is 12.4 Å². The molecule has 184 valence electrons. The summed E-state index contributed by atoms with van der Waals surface area (Å²) in [6, 6.07) is 26.0. The van der Waals surface area contributed by atoms with Crippen LogP contribution < -0.4 is 11.1 Å². The zero-order valence-electron chi connectivity index (χ0n) is 19.5. The smallest absolute Gasteiger partial charge is 0.339 e. The van der Waals surface area contributed by atoms with Gasteiger partial charge in [-0.15, -0.1) is 0 Å². The van der Waals surface area contributed by atoms with Gasteiger partial charge in [-0.1, -0.05) is 48.5 Å². The number of non-ortho nitro benzene ring substituents is 1. The van der Waals surface area contributed by atoms with Crippen molar-refractivity contribution in [3.8, 4) is 11.1 Å². The van der Waals surface area contributed by atoms with Gasteiger partial charge in [0, 0.05) is 23.4 Å². The topological polar surface area (TPSA) is 148 Å². The van der Waals surface area contributed by atoms with Crippen LogP contribution in [0.15, 0.2) is 97.1 Å². The second kappa shape index (κ2) is 11.0. The van der Waals surface area contributed by atoms with E-state index >= 15 is 0 Å². The quantitative estimate of drug-likeness (QED) is 0.101. The molecule has 0 fully saturated rings. The van der Waals surface area contributed by atoms with Crippen LogP contribution >= 0.6 is 0 Å². The fourth-order valence-corrected chi connectivity index (χ4v) is 3.70. The maximum atomic E-state index is 13.3. The minimum absolute atomic E-state index is 0.00755. The number of nitrogen functional groups attached to an aromatic ring is 1. The number of carbonyl (C=O) groups excluding carboxylic acids is 2. The van der Waals surface area contributed by atoms with Crippen molar-refractivity contribution in [3.63, 3.8) is 0 Å². The fourth-order valence-electron chi connectivity index (χ4n) is 3.70. The van der Waals surface area contributed by atoms with E-state index in [9.17, 15) is 19.7 Å². The summed E-state index contributed by atoms with van der Waals surface area (Å²) < 4.78 is 5.49. The predicted molar refractivity (Wildman–Crippen MR) is 140 cm³/mol. The third-order valence-corrected chi connectivity index (χ3v) is 5.56. The van der Waals surface area contributed by atoms with Gasteiger partial charge in [-0.05, 0) is 53.1 Å². The van der Waals surface area contributed by atoms with Gasteiger partial charge >= 0.3 is 5.97 Å². The van der Waals surface area contributed by atoms with E-state index in [0.29, 0.717) is 22.4 Å². The molecule has 37 heavy (non-hydrogen) atoms. The number of nitrogens with two attached hydrogens (primary N) is 1. The van der Waals surface area contributed by atoms with Crippen molar-refractivity contribution in [2.45, 2.75) is 6.61 Å². The summed E-state index contributed by atoms with van der Waals surface area (Å²) in [5.41, 5.74) is 7.86. The standard InChI is InChI=1S/C28H22N4O5/c29-26(30)19-10-12-20(13-11-19)31-27(33)25-16-21(32(35)36)14-15-23(25)22-8-4-5-9-24(22)28(34)37-17-18-6-2-1-3-7-18/h1-16H,17H2,(H3,29,30)(H,31,33). The average Bonchev–Trinajstić information content (AvgIpc) is 2.92. The Morgan fingerprint density at radius 1 is 0.865 bits per heavy atom. The number of carbonyl (C=O) groups is 2. The molecule has 0 saturated heterocycles. The highest BCUT2D eigenvalue weighted by molar-refractivity contribution is 6.11. The van der Waals surface area contributed by atoms with Crippen molar-refractivity contribution in [3.05, 3.63) is 129 Å². The van der Waals surface area contributed by atoms with Crippen LogP contribution in [0.2, 0.25) is 0 Å². The molecule has 0 aromatic heterocycles. The molecule has 0 bridgehead atoms. The van der Waals surface area contributed by atoms with Gasteiger partial charge in [0.05, 0.1) is 16.1 Å². The molecule has 1 amide bonds. The first-order valence-corrected chi connectivity index (χ1v) is 11.2. The van der Waals surface area contributed by atoms with Gasteiger partial charge in [-0.3, -0.25) is 20.3 Å². The van der Waals surface area contributed by atoms with Crippen LogP contribution in [0.25, 0.3) is 11.1 Å². The second-order valence-corrected chi connectivity index (χ2v) is 8.04. The van der Waals surface area contributed by atoms with Gasteiger partial charge in [0.15, 0.2) is 0 Å². The first-order chi connectivity index (χ1) is 17.8. The van der Waals surface area contributed by atoms with Crippen molar-refractivity contribution < 1.29 is 19.2 Å². The lowest BCUT2D eigenvalue weighted by atomic mass is 9.94. The fraction of sp³-hybridized carbons (Fsp3) is 0.0357. The van der Waals surface area contributed by atoms with Gasteiger partial charge in [0.25, 0.3) is 11.6 Å². The van der Waals surface area contributed by atoms with Crippen LogP contribution in [-0.4, -0.2) is 22.6 Å². The molecule has 4 aromatic rings. The zero-order chi connectivity index (χ0) is 26.4. The van der Waals surface area contributed by atoms with Crippen LogP contribution in [0, 0.1) is 15.5 Å². The number of nitro groups is 1. The highest BCUT2D eigenvalue weighted by atomic mass is 16.6. The molecule has 4 N–H and O–H groups in total. The van der Waals surface area contributed by atoms with E-state index in [1.165, 1.54) is 18.2 Å². The Morgan fingerprint density at radius 3 is 2.19 bits per heavy atom. The third-order valence-electron chi connectivity index (χ3n) is 5.56. The molecule has 0 aliphatic rings. The largest absolute Gasteiger partial charge is 0.457 e. The van der Waals surface area contributed by atoms with Crippen LogP contribution in [0.5, 0.6) is 0 Å². The van der Waals surface area contributed by atoms with Crippen LogP contribution in [0.3, 0.4) is 0 Å². The number of nitrogens with one attached hydrogen (secondary N) is 2. The minimum Gasteiger partial charge on any atom is -0.457 e. The number of rotatable bonds is 8. The highest BCUT2D eigenvalue weighted by Crippen LogP contribution is 2.31. The average molecular weight is 495 g/mol. The molecule has 0 aliphatic carbocycles. The van der Waals surface area contributed by atoms with E-state index in [1.54, 1.807) is 48.5 Å². The van der Waals surface area contributed by atoms with Crippen LogP contribution in [-0.2, 0) is 11.3 Å². The van der Waals surface area contributed by atoms with Crippen molar-refractivity contribution in [1.29, 1.82) is 5.41 Å². The number of hydrogen-bond acceptors (Lipinski definition) is 6. The molecule has 0 radical (unpaired) electrons. The Kier molecular flexibility index (Phi) is 7.34. The summed E-state index contributed by atoms with van der Waals surface area (Å²) in [5.74, 6) is -1.32. The van der Waals surface area contributed by atoms with E-state index in [-0.39, 0.29) is 29.3 Å². The summed E-state index contributed by atoms with van der Waals surface area (Å²) in [6.45, 7) is 0.0673. The normalized spacial score (nSPS) is 10.4. The maximum Gasteiger partial charge on any atom is 0.339 e. The van der Waals surface area contributed by atoms with Crippen molar-refractivity contribution in [2.75, 3.05) is 5.32 Å². The molecule has 0 spiro atoms. The summed E-state index contributed by atoms with van der Waals surface area (Å²) >= 11 is 0. The summed E-state index contributed by atoms with van der Waals surface area (Å²) in [5, 5.41) is 21.6. The summed E-state index contributed by atoms with van der Waals surface area (Å²) in [6.07, 6.45) is 0. The maximum absolute atomic E-state index is 13.3. The monoisotopic (exact) mass is 494 g/mol. The lowest BCUT2D eigenvalue weighted by Crippen LogP contribution is -2.15. The number of esters is 1. The molecular formula is C28H22N4O5. The van der Waals surface area contributed by atoms with E-state index < -0.39 is 16.8 Å². The predicted octanol–water partition coefficient (Wildman–Crippen LogP) is 5.16. The van der Waals surface area contributed by atoms with E-state index in [4.69, 9.17) is 15.9 Å². The molecule has 4 rings (SSSR count). The molecule has 9 nitrogen and oxygen atoms in total. The van der Waals surface area contributed by atoms with Crippen molar-refractivity contribution in [1.82, 2.24) is 0 Å². The van der Waals surface area contributed by atoms with Gasteiger partial charge in [0.2, 0.25) is 0 Å². The number of amides is 1. The minimum atomic E-state index is -0.610. The summed E-state index contributed by atoms with van der Waals surface area (Å²) in [7, 11) is 0. The number of benzene rings is 4. The molecule has 0 unspecified atom stereocenters. The molecule has 4 aromatic carbocycles. The Balaban J connectivity index is 1.68. The highest BCUT2D eigenvalue weighted by Gasteiger charge is 2.22. The van der Waals surface area contributed by atoms with Crippen LogP contribution in [0.4, 0.5) is 11.4 Å². The lowest BCUT2D eigenvalue weighted by Gasteiger charge is -2.14. The van der Waals surface area contributed by atoms with Gasteiger partial charge in [-0.25, -0.2) is 4.79 Å². The first kappa shape index (κ1) is 24.8. The number of amidine groups is 1. The Labute approximate surface area is 212 Å². The Bertz CT molecular complexity index is 1480. The van der Waals surface area contributed by atoms with Gasteiger partial charge in [-0.2, -0.15) is 0 Å². The molecule has 0 aliphatic heterocycles. The number of nitro benzene ring substituents is 1. The summed E-state index contributed by atoms with van der Waals surface area (Å²) in [4.78, 5) is 37.1. The van der Waals surface area contributed by atoms with Crippen LogP contribution in [0.1, 0.15) is 31.8 Å². The molecule has 0 saturated carbocycles. The molecule has 9 heteroatoms. The van der Waals surface area contributed by atoms with Crippen molar-refractivity contribution >= 4 is 29.1 Å². The van der Waals surface area contributed by atoms with Gasteiger partial charge < -0.3 is 15.8 Å². The van der Waals surface area contributed by atoms with Crippen molar-refractivity contribution in [2.24, 2.45) is 5.73 Å². The zero-order valence-corrected chi connectivity index (χ0v) is 19.5. The van der Waals surface area contributed by atoms with E-state index in [2.05, 4.69) is 5.32 Å². The number of ether oxygens (including phenoxy) is 1. The Morgan fingerprint density at radius 2 is 1.51 bits per heavy atom. The molecular weight excluding hydrogens is 472 g/mol. The number of anilines is 1. The third kappa shape index (κ3) is 5.85. The second-order valence-electron chi connectivity index (χ2n) is 8.04. The van der Waals surface area contributed by atoms with E-state index in [0.717, 1.165) is 5.56 Å². The Hall–Kier alpha value is -5.31. The SMILES string of the molecule is N=C(N)c1ccc(NC(=O)c2cc([N+](=O)[O-])ccc2-c2ccccc2C(=O)OCc2ccccc2)cc1. The number of hydrogen-bond donors (Lipinski definition) is 3. The first-order valence-electron chi connectivity index (χ1n) is 11.2. The molecule has 0 atom stereocenters.